The van der Waals surface area contributed by atoms with E-state index in [2.05, 4.69) is 53.3 Å². The lowest BCUT2D eigenvalue weighted by molar-refractivity contribution is 1.33. The van der Waals surface area contributed by atoms with Gasteiger partial charge in [0.1, 0.15) is 6.07 Å². The van der Waals surface area contributed by atoms with Crippen LogP contribution in [0.25, 0.3) is 0 Å². The molecule has 96 valence electrons. The van der Waals surface area contributed by atoms with Crippen molar-refractivity contribution in [1.29, 1.82) is 5.26 Å². The smallest absolute Gasteiger partial charge is 0.101 e. The third-order valence-corrected chi connectivity index (χ3v) is 4.15. The highest BCUT2D eigenvalue weighted by atomic mass is 79.9. The van der Waals surface area contributed by atoms with E-state index in [0.29, 0.717) is 11.3 Å². The van der Waals surface area contributed by atoms with Gasteiger partial charge >= 0.3 is 0 Å². The lowest BCUT2D eigenvalue weighted by Gasteiger charge is -2.11. The lowest BCUT2D eigenvalue weighted by atomic mass is 10.1. The van der Waals surface area contributed by atoms with Crippen LogP contribution in [0, 0.1) is 25.2 Å². The molecule has 4 heteroatoms. The predicted molar refractivity (Wildman–Crippen MR) is 82.5 cm³/mol. The van der Waals surface area contributed by atoms with Gasteiger partial charge in [0.15, 0.2) is 0 Å². The molecular weight excluding hydrogens is 302 g/mol. The number of nitrogens with two attached hydrogens (primary N) is 1. The third-order valence-electron chi connectivity index (χ3n) is 2.90. The molecule has 0 aromatic heterocycles. The zero-order valence-corrected chi connectivity index (χ0v) is 12.4. The van der Waals surface area contributed by atoms with Gasteiger partial charge in [-0.25, -0.2) is 0 Å². The van der Waals surface area contributed by atoms with Crippen molar-refractivity contribution in [1.82, 2.24) is 0 Å². The van der Waals surface area contributed by atoms with Crippen LogP contribution in [0.5, 0.6) is 0 Å². The SMILES string of the molecule is Cc1cc(Nc2ccc(C#N)c(N)c2)cc(C)c1Br. The van der Waals surface area contributed by atoms with Crippen molar-refractivity contribution in [2.24, 2.45) is 0 Å². The first-order chi connectivity index (χ1) is 9.01. The van der Waals surface area contributed by atoms with Gasteiger partial charge in [0, 0.05) is 15.8 Å². The molecule has 0 amide bonds. The molecule has 0 saturated carbocycles. The fourth-order valence-corrected chi connectivity index (χ4v) is 2.16. The van der Waals surface area contributed by atoms with Crippen LogP contribution in [0.1, 0.15) is 16.7 Å². The second-order valence-electron chi connectivity index (χ2n) is 4.46. The largest absolute Gasteiger partial charge is 0.398 e. The molecule has 3 N–H and O–H groups in total. The van der Waals surface area contributed by atoms with E-state index in [1.165, 1.54) is 11.1 Å². The first-order valence-corrected chi connectivity index (χ1v) is 6.64. The van der Waals surface area contributed by atoms with Crippen molar-refractivity contribution in [3.8, 4) is 6.07 Å². The fourth-order valence-electron chi connectivity index (χ4n) is 1.93. The summed E-state index contributed by atoms with van der Waals surface area (Å²) in [5, 5.41) is 12.1. The van der Waals surface area contributed by atoms with Gasteiger partial charge in [-0.3, -0.25) is 0 Å². The van der Waals surface area contributed by atoms with Gasteiger partial charge in [0.25, 0.3) is 0 Å². The number of nitrogens with one attached hydrogen (secondary N) is 1. The van der Waals surface area contributed by atoms with Crippen LogP contribution in [0.15, 0.2) is 34.8 Å². The van der Waals surface area contributed by atoms with E-state index in [4.69, 9.17) is 11.0 Å². The maximum absolute atomic E-state index is 8.85. The number of anilines is 3. The Morgan fingerprint density at radius 2 is 1.74 bits per heavy atom. The van der Waals surface area contributed by atoms with Crippen molar-refractivity contribution < 1.29 is 0 Å². The van der Waals surface area contributed by atoms with Gasteiger partial charge in [0.05, 0.1) is 11.3 Å². The van der Waals surface area contributed by atoms with Crippen LogP contribution < -0.4 is 11.1 Å². The average Bonchev–Trinajstić information content (AvgIpc) is 2.36. The van der Waals surface area contributed by atoms with Gasteiger partial charge in [-0.15, -0.1) is 0 Å². The van der Waals surface area contributed by atoms with Crippen molar-refractivity contribution >= 4 is 33.0 Å². The van der Waals surface area contributed by atoms with E-state index >= 15 is 0 Å². The predicted octanol–water partition coefficient (Wildman–Crippen LogP) is 4.26. The molecule has 0 spiro atoms. The quantitative estimate of drug-likeness (QED) is 0.814. The number of nitriles is 1. The van der Waals surface area contributed by atoms with Crippen LogP contribution in [-0.2, 0) is 0 Å². The van der Waals surface area contributed by atoms with E-state index in [1.54, 1.807) is 12.1 Å². The minimum absolute atomic E-state index is 0.484. The number of hydrogen-bond acceptors (Lipinski definition) is 3. The molecule has 0 radical (unpaired) electrons. The molecular formula is C15H14BrN3. The number of nitrogens with zero attached hydrogens (tertiary/aromatic N) is 1. The molecule has 0 aliphatic rings. The number of hydrogen-bond donors (Lipinski definition) is 2. The molecule has 19 heavy (non-hydrogen) atoms. The molecule has 0 bridgehead atoms. The second kappa shape index (κ2) is 5.33. The molecule has 0 fully saturated rings. The highest BCUT2D eigenvalue weighted by molar-refractivity contribution is 9.10. The van der Waals surface area contributed by atoms with Crippen LogP contribution >= 0.6 is 15.9 Å². The molecule has 0 saturated heterocycles. The standard InChI is InChI=1S/C15H14BrN3/c1-9-5-13(6-10(2)15(9)16)19-12-4-3-11(8-17)14(18)7-12/h3-7,19H,18H2,1-2H3. The molecule has 0 heterocycles. The summed E-state index contributed by atoms with van der Waals surface area (Å²) in [7, 11) is 0. The number of rotatable bonds is 2. The summed E-state index contributed by atoms with van der Waals surface area (Å²) in [4.78, 5) is 0. The molecule has 0 aliphatic heterocycles. The number of benzene rings is 2. The molecule has 0 aliphatic carbocycles. The first-order valence-electron chi connectivity index (χ1n) is 5.84. The molecule has 2 rings (SSSR count). The minimum Gasteiger partial charge on any atom is -0.398 e. The Morgan fingerprint density at radius 3 is 2.26 bits per heavy atom. The maximum Gasteiger partial charge on any atom is 0.101 e. The lowest BCUT2D eigenvalue weighted by Crippen LogP contribution is -1.96. The molecule has 0 atom stereocenters. The van der Waals surface area contributed by atoms with E-state index < -0.39 is 0 Å². The molecule has 0 unspecified atom stereocenters. The summed E-state index contributed by atoms with van der Waals surface area (Å²) in [6, 6.07) is 11.5. The Kier molecular flexibility index (Phi) is 3.77. The highest BCUT2D eigenvalue weighted by Gasteiger charge is 2.04. The Balaban J connectivity index is 2.32. The maximum atomic E-state index is 8.85. The Hall–Kier alpha value is -1.99. The van der Waals surface area contributed by atoms with Gasteiger partial charge in [0.2, 0.25) is 0 Å². The Bertz CT molecular complexity index is 649. The van der Waals surface area contributed by atoms with Crippen molar-refractivity contribution in [3.05, 3.63) is 51.5 Å². The van der Waals surface area contributed by atoms with Crippen molar-refractivity contribution in [3.63, 3.8) is 0 Å². The van der Waals surface area contributed by atoms with E-state index in [0.717, 1.165) is 15.8 Å². The molecule has 3 nitrogen and oxygen atoms in total. The second-order valence-corrected chi connectivity index (χ2v) is 5.26. The highest BCUT2D eigenvalue weighted by Crippen LogP contribution is 2.28. The van der Waals surface area contributed by atoms with Crippen LogP contribution in [0.3, 0.4) is 0 Å². The van der Waals surface area contributed by atoms with E-state index in [-0.39, 0.29) is 0 Å². The first kappa shape index (κ1) is 13.4. The monoisotopic (exact) mass is 315 g/mol. The van der Waals surface area contributed by atoms with Crippen molar-refractivity contribution in [2.45, 2.75) is 13.8 Å². The number of nitrogen functional groups attached to an aromatic ring is 1. The molecule has 2 aromatic rings. The van der Waals surface area contributed by atoms with E-state index in [1.807, 2.05) is 6.07 Å². The zero-order chi connectivity index (χ0) is 14.0. The summed E-state index contributed by atoms with van der Waals surface area (Å²) < 4.78 is 1.12. The molecule has 2 aromatic carbocycles. The van der Waals surface area contributed by atoms with Crippen molar-refractivity contribution in [2.75, 3.05) is 11.1 Å². The summed E-state index contributed by atoms with van der Waals surface area (Å²) in [5.41, 5.74) is 11.0. The van der Waals surface area contributed by atoms with Gasteiger partial charge < -0.3 is 11.1 Å². The summed E-state index contributed by atoms with van der Waals surface area (Å²) in [6.07, 6.45) is 0. The zero-order valence-electron chi connectivity index (χ0n) is 10.8. The topological polar surface area (TPSA) is 61.8 Å². The number of halogens is 1. The van der Waals surface area contributed by atoms with E-state index in [9.17, 15) is 0 Å². The van der Waals surface area contributed by atoms with Gasteiger partial charge in [-0.05, 0) is 55.3 Å². The summed E-state index contributed by atoms with van der Waals surface area (Å²) >= 11 is 3.55. The van der Waals surface area contributed by atoms with Crippen LogP contribution in [0.4, 0.5) is 17.1 Å². The minimum atomic E-state index is 0.484. The van der Waals surface area contributed by atoms with Crippen LogP contribution in [0.2, 0.25) is 0 Å². The summed E-state index contributed by atoms with van der Waals surface area (Å²) in [6.45, 7) is 4.10. The fraction of sp³-hybridized carbons (Fsp3) is 0.133. The summed E-state index contributed by atoms with van der Waals surface area (Å²) in [5.74, 6) is 0. The normalized spacial score (nSPS) is 10.0. The van der Waals surface area contributed by atoms with Gasteiger partial charge in [-0.1, -0.05) is 15.9 Å². The van der Waals surface area contributed by atoms with Gasteiger partial charge in [-0.2, -0.15) is 5.26 Å². The van der Waals surface area contributed by atoms with Crippen LogP contribution in [-0.4, -0.2) is 0 Å². The third kappa shape index (κ3) is 2.88. The Morgan fingerprint density at radius 1 is 1.11 bits per heavy atom. The average molecular weight is 316 g/mol. The number of aryl methyl sites for hydroxylation is 2. The Labute approximate surface area is 121 Å².